The van der Waals surface area contributed by atoms with Gasteiger partial charge in [-0.25, -0.2) is 13.4 Å². The standard InChI is InChI=1S/C18H21N5O3S2/c1-12-10-13(2)23(21-12)9-8-17(24)20-18-19-16(11-27-18)14-4-6-15(7-5-14)22-28(3,25)26/h4-7,10-11,22H,8-9H2,1-3H3,(H,19,20,24). The SMILES string of the molecule is Cc1cc(C)n(CCC(=O)Nc2nc(-c3ccc(NS(C)(=O)=O)cc3)cs2)n1. The Bertz CT molecular complexity index is 1080. The van der Waals surface area contributed by atoms with Gasteiger partial charge in [0.25, 0.3) is 0 Å². The van der Waals surface area contributed by atoms with Crippen molar-refractivity contribution in [3.8, 4) is 11.3 Å². The van der Waals surface area contributed by atoms with Crippen LogP contribution in [0, 0.1) is 13.8 Å². The monoisotopic (exact) mass is 419 g/mol. The summed E-state index contributed by atoms with van der Waals surface area (Å²) in [7, 11) is -3.31. The molecular formula is C18H21N5O3S2. The predicted octanol–water partition coefficient (Wildman–Crippen LogP) is 3.02. The molecule has 0 saturated heterocycles. The van der Waals surface area contributed by atoms with Crippen LogP contribution in [0.2, 0.25) is 0 Å². The molecule has 1 aromatic carbocycles. The largest absolute Gasteiger partial charge is 0.302 e. The van der Waals surface area contributed by atoms with E-state index in [2.05, 4.69) is 20.1 Å². The maximum atomic E-state index is 12.2. The lowest BCUT2D eigenvalue weighted by molar-refractivity contribution is -0.116. The number of rotatable bonds is 7. The van der Waals surface area contributed by atoms with E-state index in [0.29, 0.717) is 29.5 Å². The number of amides is 1. The summed E-state index contributed by atoms with van der Waals surface area (Å²) in [6.45, 7) is 4.39. The summed E-state index contributed by atoms with van der Waals surface area (Å²) < 4.78 is 26.7. The fourth-order valence-electron chi connectivity index (χ4n) is 2.68. The lowest BCUT2D eigenvalue weighted by atomic mass is 10.1. The summed E-state index contributed by atoms with van der Waals surface area (Å²) in [6.07, 6.45) is 1.41. The molecule has 0 radical (unpaired) electrons. The first-order chi connectivity index (χ1) is 13.2. The second-order valence-corrected chi connectivity index (χ2v) is 9.04. The van der Waals surface area contributed by atoms with E-state index in [1.54, 1.807) is 24.3 Å². The van der Waals surface area contributed by atoms with Crippen molar-refractivity contribution in [3.05, 3.63) is 47.1 Å². The van der Waals surface area contributed by atoms with Crippen LogP contribution >= 0.6 is 11.3 Å². The zero-order chi connectivity index (χ0) is 20.3. The number of carbonyl (C=O) groups excluding carboxylic acids is 1. The molecule has 2 heterocycles. The smallest absolute Gasteiger partial charge is 0.229 e. The first-order valence-corrected chi connectivity index (χ1v) is 11.3. The van der Waals surface area contributed by atoms with Gasteiger partial charge in [0.2, 0.25) is 15.9 Å². The number of carbonyl (C=O) groups is 1. The van der Waals surface area contributed by atoms with Crippen molar-refractivity contribution in [1.82, 2.24) is 14.8 Å². The molecule has 148 valence electrons. The van der Waals surface area contributed by atoms with E-state index in [1.807, 2.05) is 30.0 Å². The van der Waals surface area contributed by atoms with E-state index in [4.69, 9.17) is 0 Å². The molecule has 0 fully saturated rings. The zero-order valence-corrected chi connectivity index (χ0v) is 17.4. The number of nitrogens with zero attached hydrogens (tertiary/aromatic N) is 3. The third-order valence-corrected chi connectivity index (χ3v) is 5.25. The van der Waals surface area contributed by atoms with Crippen LogP contribution in [-0.2, 0) is 21.4 Å². The highest BCUT2D eigenvalue weighted by molar-refractivity contribution is 7.92. The van der Waals surface area contributed by atoms with E-state index in [0.717, 1.165) is 23.2 Å². The Hall–Kier alpha value is -2.72. The zero-order valence-electron chi connectivity index (χ0n) is 15.8. The van der Waals surface area contributed by atoms with E-state index in [1.165, 1.54) is 11.3 Å². The molecule has 1 amide bonds. The Morgan fingerprint density at radius 1 is 1.21 bits per heavy atom. The number of nitrogens with one attached hydrogen (secondary N) is 2. The van der Waals surface area contributed by atoms with Crippen LogP contribution in [0.3, 0.4) is 0 Å². The number of benzene rings is 1. The van der Waals surface area contributed by atoms with Gasteiger partial charge in [0.1, 0.15) is 0 Å². The van der Waals surface area contributed by atoms with Crippen molar-refractivity contribution in [2.75, 3.05) is 16.3 Å². The first-order valence-electron chi connectivity index (χ1n) is 8.54. The van der Waals surface area contributed by atoms with Crippen molar-refractivity contribution in [1.29, 1.82) is 0 Å². The molecule has 10 heteroatoms. The maximum absolute atomic E-state index is 12.2. The third-order valence-electron chi connectivity index (χ3n) is 3.89. The number of hydrogen-bond acceptors (Lipinski definition) is 6. The molecule has 28 heavy (non-hydrogen) atoms. The second kappa shape index (κ2) is 8.11. The molecule has 0 aliphatic heterocycles. The predicted molar refractivity (Wildman–Crippen MR) is 111 cm³/mol. The van der Waals surface area contributed by atoms with E-state index >= 15 is 0 Å². The van der Waals surface area contributed by atoms with Gasteiger partial charge >= 0.3 is 0 Å². The van der Waals surface area contributed by atoms with Crippen LogP contribution in [0.25, 0.3) is 11.3 Å². The molecule has 0 spiro atoms. The Labute approximate surface area is 167 Å². The van der Waals surface area contributed by atoms with Gasteiger partial charge in [-0.2, -0.15) is 5.10 Å². The summed E-state index contributed by atoms with van der Waals surface area (Å²) in [6, 6.07) is 8.86. The maximum Gasteiger partial charge on any atom is 0.229 e. The third kappa shape index (κ3) is 5.40. The first kappa shape index (κ1) is 20.0. The van der Waals surface area contributed by atoms with Crippen LogP contribution in [0.1, 0.15) is 17.8 Å². The molecular weight excluding hydrogens is 398 g/mol. The number of aryl methyl sites for hydroxylation is 3. The fourth-order valence-corrected chi connectivity index (χ4v) is 3.98. The van der Waals surface area contributed by atoms with Crippen molar-refractivity contribution in [2.45, 2.75) is 26.8 Å². The van der Waals surface area contributed by atoms with Crippen LogP contribution < -0.4 is 10.0 Å². The van der Waals surface area contributed by atoms with Gasteiger partial charge < -0.3 is 5.32 Å². The quantitative estimate of drug-likeness (QED) is 0.612. The normalized spacial score (nSPS) is 11.4. The average molecular weight is 420 g/mol. The lowest BCUT2D eigenvalue weighted by Crippen LogP contribution is -2.15. The van der Waals surface area contributed by atoms with E-state index < -0.39 is 10.0 Å². The molecule has 2 aromatic heterocycles. The van der Waals surface area contributed by atoms with Gasteiger partial charge in [0, 0.05) is 35.3 Å². The molecule has 0 atom stereocenters. The minimum absolute atomic E-state index is 0.124. The van der Waals surface area contributed by atoms with Gasteiger partial charge in [0.05, 0.1) is 17.6 Å². The summed E-state index contributed by atoms with van der Waals surface area (Å²) in [4.78, 5) is 16.6. The molecule has 0 aliphatic rings. The number of aromatic nitrogens is 3. The molecule has 0 saturated carbocycles. The van der Waals surface area contributed by atoms with E-state index in [9.17, 15) is 13.2 Å². The number of hydrogen-bond donors (Lipinski definition) is 2. The minimum Gasteiger partial charge on any atom is -0.302 e. The summed E-state index contributed by atoms with van der Waals surface area (Å²) in [5.74, 6) is -0.124. The van der Waals surface area contributed by atoms with Gasteiger partial charge in [-0.05, 0) is 32.0 Å². The number of anilines is 2. The molecule has 0 unspecified atom stereocenters. The van der Waals surface area contributed by atoms with Crippen LogP contribution in [0.5, 0.6) is 0 Å². The van der Waals surface area contributed by atoms with Crippen molar-refractivity contribution in [2.24, 2.45) is 0 Å². The highest BCUT2D eigenvalue weighted by Crippen LogP contribution is 2.26. The summed E-state index contributed by atoms with van der Waals surface area (Å²) >= 11 is 1.34. The molecule has 2 N–H and O–H groups in total. The Morgan fingerprint density at radius 2 is 1.93 bits per heavy atom. The Balaban J connectivity index is 1.59. The molecule has 3 aromatic rings. The van der Waals surface area contributed by atoms with Crippen LogP contribution in [-0.4, -0.2) is 35.3 Å². The van der Waals surface area contributed by atoms with Crippen molar-refractivity contribution < 1.29 is 13.2 Å². The van der Waals surface area contributed by atoms with E-state index in [-0.39, 0.29) is 5.91 Å². The minimum atomic E-state index is -3.31. The summed E-state index contributed by atoms with van der Waals surface area (Å²) in [5, 5.41) is 9.51. The number of sulfonamides is 1. The Morgan fingerprint density at radius 3 is 2.54 bits per heavy atom. The lowest BCUT2D eigenvalue weighted by Gasteiger charge is -2.05. The highest BCUT2D eigenvalue weighted by Gasteiger charge is 2.10. The topological polar surface area (TPSA) is 106 Å². The molecule has 0 bridgehead atoms. The van der Waals surface area contributed by atoms with Crippen molar-refractivity contribution >= 4 is 38.1 Å². The van der Waals surface area contributed by atoms with Crippen LogP contribution in [0.15, 0.2) is 35.7 Å². The van der Waals surface area contributed by atoms with Gasteiger partial charge in [0.15, 0.2) is 5.13 Å². The van der Waals surface area contributed by atoms with Gasteiger partial charge in [-0.3, -0.25) is 14.2 Å². The second-order valence-electron chi connectivity index (χ2n) is 6.44. The van der Waals surface area contributed by atoms with Gasteiger partial charge in [-0.15, -0.1) is 11.3 Å². The molecule has 3 rings (SSSR count). The van der Waals surface area contributed by atoms with Gasteiger partial charge in [-0.1, -0.05) is 12.1 Å². The van der Waals surface area contributed by atoms with Crippen molar-refractivity contribution in [3.63, 3.8) is 0 Å². The average Bonchev–Trinajstić information content (AvgIpc) is 3.18. The highest BCUT2D eigenvalue weighted by atomic mass is 32.2. The van der Waals surface area contributed by atoms with Crippen LogP contribution in [0.4, 0.5) is 10.8 Å². The number of thiazole rings is 1. The Kier molecular flexibility index (Phi) is 5.80. The molecule has 8 nitrogen and oxygen atoms in total. The fraction of sp³-hybridized carbons (Fsp3) is 0.278. The summed E-state index contributed by atoms with van der Waals surface area (Å²) in [5.41, 5.74) is 3.98. The molecule has 0 aliphatic carbocycles.